The Labute approximate surface area is 164 Å². The zero-order valence-corrected chi connectivity index (χ0v) is 16.3. The van der Waals surface area contributed by atoms with Gasteiger partial charge in [0.25, 0.3) is 5.56 Å². The van der Waals surface area contributed by atoms with Crippen LogP contribution in [-0.2, 0) is 13.0 Å². The van der Waals surface area contributed by atoms with Crippen LogP contribution in [0.2, 0.25) is 0 Å². The highest BCUT2D eigenvalue weighted by Gasteiger charge is 2.16. The zero-order valence-electron chi connectivity index (χ0n) is 15.5. The lowest BCUT2D eigenvalue weighted by Crippen LogP contribution is -2.13. The van der Waals surface area contributed by atoms with E-state index in [1.807, 2.05) is 42.8 Å². The molecule has 1 aliphatic rings. The van der Waals surface area contributed by atoms with Crippen molar-refractivity contribution in [3.05, 3.63) is 57.2 Å². The molecule has 8 heteroatoms. The summed E-state index contributed by atoms with van der Waals surface area (Å²) in [6.07, 6.45) is 4.30. The average molecular weight is 394 g/mol. The van der Waals surface area contributed by atoms with Gasteiger partial charge in [0, 0.05) is 35.8 Å². The fourth-order valence-corrected chi connectivity index (χ4v) is 4.48. The minimum absolute atomic E-state index is 0.0662. The van der Waals surface area contributed by atoms with Crippen LogP contribution < -0.4 is 15.0 Å². The molecule has 0 bridgehead atoms. The van der Waals surface area contributed by atoms with Gasteiger partial charge in [0.15, 0.2) is 11.5 Å². The first kappa shape index (κ1) is 17.0. The maximum absolute atomic E-state index is 12.5. The van der Waals surface area contributed by atoms with E-state index >= 15 is 0 Å². The number of imidazole rings is 1. The quantitative estimate of drug-likeness (QED) is 0.573. The molecule has 1 N–H and O–H groups in total. The topological polar surface area (TPSA) is 82.0 Å². The Bertz CT molecular complexity index is 1250. The monoisotopic (exact) mass is 394 g/mol. The summed E-state index contributed by atoms with van der Waals surface area (Å²) in [5.41, 5.74) is 1.90. The highest BCUT2D eigenvalue weighted by atomic mass is 32.1. The van der Waals surface area contributed by atoms with Gasteiger partial charge in [-0.2, -0.15) is 0 Å². The number of nitrogens with zero attached hydrogens (tertiary/aromatic N) is 3. The molecular weight excluding hydrogens is 376 g/mol. The normalized spacial score (nSPS) is 12.8. The molecule has 4 aromatic rings. The first-order valence-corrected chi connectivity index (χ1v) is 9.82. The summed E-state index contributed by atoms with van der Waals surface area (Å²) in [5, 5.41) is 0.704. The molecule has 0 aliphatic carbocycles. The molecule has 7 nitrogen and oxygen atoms in total. The Morgan fingerprint density at radius 3 is 3.00 bits per heavy atom. The summed E-state index contributed by atoms with van der Waals surface area (Å²) in [6, 6.07) is 5.80. The third kappa shape index (κ3) is 2.77. The molecule has 0 atom stereocenters. The minimum atomic E-state index is -0.0662. The van der Waals surface area contributed by atoms with E-state index in [2.05, 4.69) is 15.0 Å². The van der Waals surface area contributed by atoms with Crippen LogP contribution in [0.3, 0.4) is 0 Å². The van der Waals surface area contributed by atoms with Crippen LogP contribution in [0.5, 0.6) is 11.5 Å². The number of H-pyrrole nitrogens is 1. The van der Waals surface area contributed by atoms with Gasteiger partial charge < -0.3 is 19.0 Å². The molecule has 0 amide bonds. The predicted molar refractivity (Wildman–Crippen MR) is 107 cm³/mol. The molecule has 0 saturated carbocycles. The first-order valence-electron chi connectivity index (χ1n) is 9.00. The second-order valence-corrected chi connectivity index (χ2v) is 7.94. The molecule has 3 aromatic heterocycles. The van der Waals surface area contributed by atoms with Crippen LogP contribution in [0.25, 0.3) is 21.6 Å². The molecule has 0 radical (unpaired) electrons. The summed E-state index contributed by atoms with van der Waals surface area (Å²) in [7, 11) is 0. The van der Waals surface area contributed by atoms with E-state index in [1.165, 1.54) is 0 Å². The lowest BCUT2D eigenvalue weighted by molar-refractivity contribution is 0.174. The molecule has 0 spiro atoms. The Balaban J connectivity index is 1.42. The van der Waals surface area contributed by atoms with Crippen molar-refractivity contribution in [2.24, 2.45) is 0 Å². The number of rotatable bonds is 4. The second-order valence-electron chi connectivity index (χ2n) is 6.74. The van der Waals surface area contributed by atoms with Crippen molar-refractivity contribution >= 4 is 21.6 Å². The number of aromatic amines is 1. The van der Waals surface area contributed by atoms with Crippen molar-refractivity contribution in [3.63, 3.8) is 0 Å². The van der Waals surface area contributed by atoms with E-state index in [1.54, 1.807) is 17.5 Å². The van der Waals surface area contributed by atoms with Crippen molar-refractivity contribution in [1.82, 2.24) is 19.5 Å². The molecular formula is C20H18N4O3S. The number of hydrogen-bond donors (Lipinski definition) is 1. The number of benzene rings is 1. The van der Waals surface area contributed by atoms with Gasteiger partial charge in [-0.25, -0.2) is 9.97 Å². The van der Waals surface area contributed by atoms with Crippen LogP contribution >= 0.6 is 11.3 Å². The summed E-state index contributed by atoms with van der Waals surface area (Å²) >= 11 is 1.57. The SMILES string of the molecule is Cc1sc2nc(CCn3ccnc3-c3ccc4c(c3)OCO4)[nH]c(=O)c2c1C. The van der Waals surface area contributed by atoms with E-state index in [4.69, 9.17) is 9.47 Å². The smallest absolute Gasteiger partial charge is 0.259 e. The van der Waals surface area contributed by atoms with E-state index < -0.39 is 0 Å². The fraction of sp³-hybridized carbons (Fsp3) is 0.250. The summed E-state index contributed by atoms with van der Waals surface area (Å²) in [5.74, 6) is 3.00. The van der Waals surface area contributed by atoms with Gasteiger partial charge in [0.05, 0.1) is 5.39 Å². The van der Waals surface area contributed by atoms with Crippen LogP contribution in [0.15, 0.2) is 35.4 Å². The van der Waals surface area contributed by atoms with E-state index in [-0.39, 0.29) is 12.4 Å². The molecule has 0 saturated heterocycles. The number of ether oxygens (including phenoxy) is 2. The van der Waals surface area contributed by atoms with Gasteiger partial charge in [-0.05, 0) is 37.6 Å². The van der Waals surface area contributed by atoms with Gasteiger partial charge in [0.2, 0.25) is 6.79 Å². The Morgan fingerprint density at radius 1 is 1.25 bits per heavy atom. The first-order chi connectivity index (χ1) is 13.6. The van der Waals surface area contributed by atoms with Crippen LogP contribution in [0, 0.1) is 13.8 Å². The maximum Gasteiger partial charge on any atom is 0.259 e. The molecule has 0 unspecified atom stereocenters. The Kier molecular flexibility index (Phi) is 3.94. The van der Waals surface area contributed by atoms with Gasteiger partial charge in [-0.15, -0.1) is 11.3 Å². The number of thiophene rings is 1. The van der Waals surface area contributed by atoms with Crippen LogP contribution in [-0.4, -0.2) is 26.3 Å². The van der Waals surface area contributed by atoms with Gasteiger partial charge in [0.1, 0.15) is 16.5 Å². The predicted octanol–water partition coefficient (Wildman–Crippen LogP) is 3.44. The third-order valence-corrected chi connectivity index (χ3v) is 6.13. The maximum atomic E-state index is 12.5. The third-order valence-electron chi connectivity index (χ3n) is 5.02. The second kappa shape index (κ2) is 6.49. The van der Waals surface area contributed by atoms with Gasteiger partial charge in [-0.3, -0.25) is 4.79 Å². The average Bonchev–Trinajstić information content (AvgIpc) is 3.39. The molecule has 0 fully saturated rings. The number of hydrogen-bond acceptors (Lipinski definition) is 6. The standard InChI is InChI=1S/C20H18N4O3S/c1-11-12(2)28-20-17(11)19(25)22-16(23-20)5-7-24-8-6-21-18(24)13-3-4-14-15(9-13)27-10-26-14/h3-4,6,8-9H,5,7,10H2,1-2H3,(H,22,23,25). The highest BCUT2D eigenvalue weighted by Crippen LogP contribution is 2.35. The van der Waals surface area contributed by atoms with Crippen LogP contribution in [0.4, 0.5) is 0 Å². The minimum Gasteiger partial charge on any atom is -0.454 e. The largest absolute Gasteiger partial charge is 0.454 e. The van der Waals surface area contributed by atoms with Gasteiger partial charge in [-0.1, -0.05) is 0 Å². The van der Waals surface area contributed by atoms with Crippen molar-refractivity contribution in [2.75, 3.05) is 6.79 Å². The van der Waals surface area contributed by atoms with E-state index in [0.717, 1.165) is 38.2 Å². The summed E-state index contributed by atoms with van der Waals surface area (Å²) < 4.78 is 12.9. The van der Waals surface area contributed by atoms with Crippen molar-refractivity contribution in [3.8, 4) is 22.9 Å². The molecule has 5 rings (SSSR count). The molecule has 1 aromatic carbocycles. The lowest BCUT2D eigenvalue weighted by atomic mass is 10.2. The van der Waals surface area contributed by atoms with E-state index in [9.17, 15) is 4.79 Å². The number of aromatic nitrogens is 4. The van der Waals surface area contributed by atoms with Crippen molar-refractivity contribution in [2.45, 2.75) is 26.8 Å². The molecule has 28 heavy (non-hydrogen) atoms. The number of aryl methyl sites for hydroxylation is 4. The molecule has 142 valence electrons. The highest BCUT2D eigenvalue weighted by molar-refractivity contribution is 7.18. The van der Waals surface area contributed by atoms with Crippen molar-refractivity contribution in [1.29, 1.82) is 0 Å². The molecule has 1 aliphatic heterocycles. The number of fused-ring (bicyclic) bond motifs is 2. The van der Waals surface area contributed by atoms with Gasteiger partial charge >= 0.3 is 0 Å². The Morgan fingerprint density at radius 2 is 2.11 bits per heavy atom. The fourth-order valence-electron chi connectivity index (χ4n) is 3.43. The summed E-state index contributed by atoms with van der Waals surface area (Å²) in [4.78, 5) is 26.5. The lowest BCUT2D eigenvalue weighted by Gasteiger charge is -2.08. The Hall–Kier alpha value is -3.13. The van der Waals surface area contributed by atoms with Crippen molar-refractivity contribution < 1.29 is 9.47 Å². The zero-order chi connectivity index (χ0) is 19.3. The molecule has 4 heterocycles. The summed E-state index contributed by atoms with van der Waals surface area (Å²) in [6.45, 7) is 4.88. The van der Waals surface area contributed by atoms with Crippen LogP contribution in [0.1, 0.15) is 16.3 Å². The van der Waals surface area contributed by atoms with E-state index in [0.29, 0.717) is 24.2 Å². The number of nitrogens with one attached hydrogen (secondary N) is 1.